The van der Waals surface area contributed by atoms with Gasteiger partial charge in [-0.3, -0.25) is 9.59 Å². The van der Waals surface area contributed by atoms with Crippen molar-refractivity contribution in [3.8, 4) is 11.5 Å². The highest BCUT2D eigenvalue weighted by atomic mass is 35.5. The molecule has 32 heavy (non-hydrogen) atoms. The predicted octanol–water partition coefficient (Wildman–Crippen LogP) is 3.66. The van der Waals surface area contributed by atoms with Crippen LogP contribution in [0.1, 0.15) is 15.9 Å². The van der Waals surface area contributed by atoms with Crippen molar-refractivity contribution in [1.29, 1.82) is 0 Å². The van der Waals surface area contributed by atoms with Crippen molar-refractivity contribution in [3.63, 3.8) is 0 Å². The van der Waals surface area contributed by atoms with Crippen LogP contribution in [-0.4, -0.2) is 31.1 Å². The van der Waals surface area contributed by atoms with Crippen molar-refractivity contribution < 1.29 is 23.9 Å². The second-order valence-electron chi connectivity index (χ2n) is 6.32. The predicted molar refractivity (Wildman–Crippen MR) is 120 cm³/mol. The highest BCUT2D eigenvalue weighted by Gasteiger charge is 2.14. The molecule has 0 saturated heterocycles. The SMILES string of the molecule is COc1ccc(C(=O)Oc2cccc(/C=N/NC(=O)C(=O)Nc3ccccc3Cl)c2)cc1. The van der Waals surface area contributed by atoms with Crippen LogP contribution < -0.4 is 20.2 Å². The van der Waals surface area contributed by atoms with Crippen molar-refractivity contribution in [3.05, 3.63) is 88.9 Å². The number of anilines is 1. The quantitative estimate of drug-likeness (QED) is 0.195. The highest BCUT2D eigenvalue weighted by Crippen LogP contribution is 2.20. The molecule has 8 nitrogen and oxygen atoms in total. The van der Waals surface area contributed by atoms with E-state index >= 15 is 0 Å². The zero-order chi connectivity index (χ0) is 22.9. The molecule has 0 aromatic heterocycles. The number of carbonyl (C=O) groups is 3. The van der Waals surface area contributed by atoms with Gasteiger partial charge in [-0.25, -0.2) is 10.2 Å². The Hall–Kier alpha value is -4.17. The first-order chi connectivity index (χ1) is 15.5. The van der Waals surface area contributed by atoms with Gasteiger partial charge in [0.1, 0.15) is 11.5 Å². The van der Waals surface area contributed by atoms with Gasteiger partial charge in [0.15, 0.2) is 0 Å². The lowest BCUT2D eigenvalue weighted by Gasteiger charge is -2.06. The molecule has 0 radical (unpaired) electrons. The Bertz CT molecular complexity index is 1160. The van der Waals surface area contributed by atoms with Crippen molar-refractivity contribution >= 4 is 41.3 Å². The number of para-hydroxylation sites is 1. The van der Waals surface area contributed by atoms with E-state index < -0.39 is 17.8 Å². The zero-order valence-electron chi connectivity index (χ0n) is 16.9. The smallest absolute Gasteiger partial charge is 0.343 e. The van der Waals surface area contributed by atoms with Crippen molar-refractivity contribution in [2.75, 3.05) is 12.4 Å². The number of carbonyl (C=O) groups excluding carboxylic acids is 3. The molecule has 2 N–H and O–H groups in total. The van der Waals surface area contributed by atoms with E-state index in [2.05, 4.69) is 15.8 Å². The third-order valence-corrected chi connectivity index (χ3v) is 4.43. The minimum absolute atomic E-state index is 0.289. The van der Waals surface area contributed by atoms with E-state index in [1.54, 1.807) is 72.8 Å². The number of nitrogens with one attached hydrogen (secondary N) is 2. The summed E-state index contributed by atoms with van der Waals surface area (Å²) in [7, 11) is 1.54. The van der Waals surface area contributed by atoms with Crippen LogP contribution in [0, 0.1) is 0 Å². The molecule has 9 heteroatoms. The molecule has 0 aliphatic carbocycles. The Balaban J connectivity index is 1.56. The molecule has 3 rings (SSSR count). The van der Waals surface area contributed by atoms with Gasteiger partial charge in [0.05, 0.1) is 29.6 Å². The molecule has 0 saturated carbocycles. The first-order valence-electron chi connectivity index (χ1n) is 9.31. The number of ether oxygens (including phenoxy) is 2. The number of hydrogen-bond donors (Lipinski definition) is 2. The Morgan fingerprint density at radius 1 is 0.906 bits per heavy atom. The molecule has 0 fully saturated rings. The summed E-state index contributed by atoms with van der Waals surface area (Å²) in [5, 5.41) is 6.45. The van der Waals surface area contributed by atoms with Gasteiger partial charge >= 0.3 is 17.8 Å². The molecule has 0 heterocycles. The summed E-state index contributed by atoms with van der Waals surface area (Å²) in [6, 6.07) is 19.5. The van der Waals surface area contributed by atoms with E-state index in [-0.39, 0.29) is 5.75 Å². The zero-order valence-corrected chi connectivity index (χ0v) is 17.6. The Labute approximate surface area is 188 Å². The van der Waals surface area contributed by atoms with Crippen LogP contribution in [0.15, 0.2) is 77.9 Å². The number of esters is 1. The molecular weight excluding hydrogens is 434 g/mol. The summed E-state index contributed by atoms with van der Waals surface area (Å²) in [5.41, 5.74) is 3.33. The number of amides is 2. The number of hydrogen-bond acceptors (Lipinski definition) is 6. The van der Waals surface area contributed by atoms with Gasteiger partial charge in [-0.2, -0.15) is 5.10 Å². The fraction of sp³-hybridized carbons (Fsp3) is 0.0435. The molecule has 3 aromatic carbocycles. The lowest BCUT2D eigenvalue weighted by molar-refractivity contribution is -0.136. The van der Waals surface area contributed by atoms with Crippen molar-refractivity contribution in [2.45, 2.75) is 0 Å². The van der Waals surface area contributed by atoms with Crippen LogP contribution in [0.5, 0.6) is 11.5 Å². The minimum Gasteiger partial charge on any atom is -0.497 e. The molecule has 0 aliphatic rings. The summed E-state index contributed by atoms with van der Waals surface area (Å²) in [4.78, 5) is 36.1. The van der Waals surface area contributed by atoms with Gasteiger partial charge in [0.25, 0.3) is 0 Å². The van der Waals surface area contributed by atoms with Gasteiger partial charge in [-0.15, -0.1) is 0 Å². The molecule has 0 atom stereocenters. The van der Waals surface area contributed by atoms with Gasteiger partial charge in [-0.05, 0) is 54.1 Å². The first kappa shape index (κ1) is 22.5. The molecule has 2 amide bonds. The molecule has 0 spiro atoms. The molecular formula is C23H18ClN3O5. The number of rotatable bonds is 6. The normalized spacial score (nSPS) is 10.4. The van der Waals surface area contributed by atoms with Crippen LogP contribution in [0.3, 0.4) is 0 Å². The monoisotopic (exact) mass is 451 g/mol. The molecule has 0 unspecified atom stereocenters. The Kier molecular flexibility index (Phi) is 7.55. The summed E-state index contributed by atoms with van der Waals surface area (Å²) < 4.78 is 10.4. The van der Waals surface area contributed by atoms with E-state index in [0.29, 0.717) is 27.6 Å². The average molecular weight is 452 g/mol. The maximum absolute atomic E-state index is 12.3. The summed E-state index contributed by atoms with van der Waals surface area (Å²) in [5.74, 6) is -1.51. The maximum Gasteiger partial charge on any atom is 0.343 e. The van der Waals surface area contributed by atoms with Crippen LogP contribution in [0.4, 0.5) is 5.69 Å². The van der Waals surface area contributed by atoms with Crippen LogP contribution in [-0.2, 0) is 9.59 Å². The van der Waals surface area contributed by atoms with Crippen molar-refractivity contribution in [2.24, 2.45) is 5.10 Å². The van der Waals surface area contributed by atoms with Gasteiger partial charge in [0, 0.05) is 0 Å². The Morgan fingerprint density at radius 3 is 2.38 bits per heavy atom. The number of methoxy groups -OCH3 is 1. The van der Waals surface area contributed by atoms with Crippen LogP contribution in [0.25, 0.3) is 0 Å². The van der Waals surface area contributed by atoms with Gasteiger partial charge in [-0.1, -0.05) is 35.9 Å². The fourth-order valence-electron chi connectivity index (χ4n) is 2.51. The summed E-state index contributed by atoms with van der Waals surface area (Å²) in [6.07, 6.45) is 1.31. The van der Waals surface area contributed by atoms with Crippen LogP contribution >= 0.6 is 11.6 Å². The second-order valence-corrected chi connectivity index (χ2v) is 6.73. The van der Waals surface area contributed by atoms with E-state index in [4.69, 9.17) is 21.1 Å². The molecule has 3 aromatic rings. The minimum atomic E-state index is -0.969. The maximum atomic E-state index is 12.3. The third kappa shape index (κ3) is 6.16. The number of halogens is 1. The van der Waals surface area contributed by atoms with Crippen molar-refractivity contribution in [1.82, 2.24) is 5.43 Å². The number of benzene rings is 3. The second kappa shape index (κ2) is 10.7. The molecule has 162 valence electrons. The van der Waals surface area contributed by atoms with Gasteiger partial charge in [0.2, 0.25) is 0 Å². The van der Waals surface area contributed by atoms with E-state index in [1.807, 2.05) is 0 Å². The largest absolute Gasteiger partial charge is 0.497 e. The van der Waals surface area contributed by atoms with Gasteiger partial charge < -0.3 is 14.8 Å². The van der Waals surface area contributed by atoms with Crippen LogP contribution in [0.2, 0.25) is 5.02 Å². The van der Waals surface area contributed by atoms with E-state index in [9.17, 15) is 14.4 Å². The molecule has 0 aliphatic heterocycles. The number of nitrogens with zero attached hydrogens (tertiary/aromatic N) is 1. The highest BCUT2D eigenvalue weighted by molar-refractivity contribution is 6.41. The van der Waals surface area contributed by atoms with E-state index in [0.717, 1.165) is 0 Å². The lowest BCUT2D eigenvalue weighted by Crippen LogP contribution is -2.32. The Morgan fingerprint density at radius 2 is 1.66 bits per heavy atom. The summed E-state index contributed by atoms with van der Waals surface area (Å²) >= 11 is 5.94. The molecule has 0 bridgehead atoms. The average Bonchev–Trinajstić information content (AvgIpc) is 2.80. The topological polar surface area (TPSA) is 106 Å². The fourth-order valence-corrected chi connectivity index (χ4v) is 2.69. The lowest BCUT2D eigenvalue weighted by atomic mass is 10.2. The van der Waals surface area contributed by atoms with E-state index in [1.165, 1.54) is 13.3 Å². The third-order valence-electron chi connectivity index (χ3n) is 4.10. The summed E-state index contributed by atoms with van der Waals surface area (Å²) in [6.45, 7) is 0. The standard InChI is InChI=1S/C23H18ClN3O5/c1-31-17-11-9-16(10-12-17)23(30)32-18-6-4-5-15(13-18)14-25-27-22(29)21(28)26-20-8-3-2-7-19(20)24/h2-14H,1H3,(H,26,28)(H,27,29)/b25-14+. The number of hydrazone groups is 1. The first-order valence-corrected chi connectivity index (χ1v) is 9.69.